The molecule has 4 heteroatoms. The second-order valence-corrected chi connectivity index (χ2v) is 10.7. The van der Waals surface area contributed by atoms with Gasteiger partial charge >= 0.3 is 0 Å². The monoisotopic (exact) mass is 531 g/mol. The van der Waals surface area contributed by atoms with Crippen molar-refractivity contribution in [1.29, 1.82) is 5.26 Å². The third kappa shape index (κ3) is 3.40. The van der Waals surface area contributed by atoms with Crippen LogP contribution >= 0.6 is 0 Å². The van der Waals surface area contributed by atoms with Gasteiger partial charge in [-0.1, -0.05) is 132 Å². The Balaban J connectivity index is 1.50. The van der Waals surface area contributed by atoms with Gasteiger partial charge in [0.15, 0.2) is 5.69 Å². The van der Waals surface area contributed by atoms with Gasteiger partial charge in [0.1, 0.15) is 0 Å². The molecular weight excluding hydrogens is 509 g/mol. The highest BCUT2D eigenvalue weighted by Crippen LogP contribution is 2.36. The highest BCUT2D eigenvalue weighted by Gasteiger charge is 2.33. The van der Waals surface area contributed by atoms with Crippen LogP contribution < -0.4 is 16.4 Å². The summed E-state index contributed by atoms with van der Waals surface area (Å²) in [6.45, 7) is 8.04. The minimum Gasteiger partial charge on any atom is -0.308 e. The fourth-order valence-corrected chi connectivity index (χ4v) is 6.82. The summed E-state index contributed by atoms with van der Waals surface area (Å²) < 4.78 is 2.18. The molecule has 7 aromatic rings. The fourth-order valence-electron chi connectivity index (χ4n) is 6.82. The van der Waals surface area contributed by atoms with Crippen LogP contribution in [0.5, 0.6) is 0 Å². The van der Waals surface area contributed by atoms with E-state index in [4.69, 9.17) is 6.57 Å². The highest BCUT2D eigenvalue weighted by atomic mass is 15.0. The summed E-state index contributed by atoms with van der Waals surface area (Å²) in [4.78, 5) is 4.02. The Morgan fingerprint density at radius 1 is 0.571 bits per heavy atom. The summed E-state index contributed by atoms with van der Waals surface area (Å²) in [5, 5.41) is 12.7. The molecule has 1 aliphatic heterocycles. The van der Waals surface area contributed by atoms with Gasteiger partial charge in [-0.15, -0.1) is 0 Å². The molecule has 0 saturated heterocycles. The van der Waals surface area contributed by atoms with Crippen LogP contribution in [0.3, 0.4) is 0 Å². The molecule has 0 spiro atoms. The molecule has 1 aliphatic rings. The standard InChI is InChI=1S/C38H22BN3/c1-41-35-22-25(24-40)38(42-36-20-10-6-16-30(36)31-17-7-11-21-37(31)42)23-34(35)39-32-18-8-4-14-28(32)26-12-2-3-13-27(26)29-15-5-9-19-33(29)39/h2-23H. The lowest BCUT2D eigenvalue weighted by atomic mass is 9.35. The number of rotatable bonds is 2. The number of nitriles is 1. The zero-order valence-corrected chi connectivity index (χ0v) is 22.6. The Morgan fingerprint density at radius 2 is 1.05 bits per heavy atom. The Morgan fingerprint density at radius 3 is 1.57 bits per heavy atom. The first-order valence-electron chi connectivity index (χ1n) is 14.0. The van der Waals surface area contributed by atoms with Crippen LogP contribution in [0.25, 0.3) is 54.6 Å². The van der Waals surface area contributed by atoms with Crippen molar-refractivity contribution in [1.82, 2.24) is 4.57 Å². The molecule has 1 aromatic heterocycles. The molecule has 2 heterocycles. The summed E-state index contributed by atoms with van der Waals surface area (Å²) in [5.74, 6) is 0. The van der Waals surface area contributed by atoms with Crippen molar-refractivity contribution in [2.45, 2.75) is 0 Å². The van der Waals surface area contributed by atoms with Crippen LogP contribution in [0.2, 0.25) is 0 Å². The van der Waals surface area contributed by atoms with Crippen molar-refractivity contribution in [2.75, 3.05) is 0 Å². The van der Waals surface area contributed by atoms with Gasteiger partial charge in [0.05, 0.1) is 34.9 Å². The maximum Gasteiger partial charge on any atom is 0.232 e. The predicted molar refractivity (Wildman–Crippen MR) is 174 cm³/mol. The Labute approximate surface area is 244 Å². The van der Waals surface area contributed by atoms with Crippen LogP contribution in [-0.4, -0.2) is 11.3 Å². The minimum absolute atomic E-state index is 0.200. The topological polar surface area (TPSA) is 33.1 Å². The van der Waals surface area contributed by atoms with Crippen LogP contribution in [-0.2, 0) is 0 Å². The van der Waals surface area contributed by atoms with Crippen molar-refractivity contribution in [3.63, 3.8) is 0 Å². The van der Waals surface area contributed by atoms with Gasteiger partial charge in [0.25, 0.3) is 0 Å². The van der Waals surface area contributed by atoms with E-state index in [2.05, 4.69) is 131 Å². The third-order valence-electron chi connectivity index (χ3n) is 8.57. The lowest BCUT2D eigenvalue weighted by Gasteiger charge is -2.21. The molecule has 3 nitrogen and oxygen atoms in total. The normalized spacial score (nSPS) is 11.7. The molecule has 0 amide bonds. The van der Waals surface area contributed by atoms with Gasteiger partial charge in [0.2, 0.25) is 6.71 Å². The smallest absolute Gasteiger partial charge is 0.232 e. The Kier molecular flexibility index (Phi) is 5.36. The van der Waals surface area contributed by atoms with E-state index in [0.29, 0.717) is 11.3 Å². The van der Waals surface area contributed by atoms with Gasteiger partial charge in [-0.25, -0.2) is 4.85 Å². The lowest BCUT2D eigenvalue weighted by Crippen LogP contribution is -2.53. The Bertz CT molecular complexity index is 2180. The average Bonchev–Trinajstić information content (AvgIpc) is 3.33. The fraction of sp³-hybridized carbons (Fsp3) is 0. The number of nitrogens with zero attached hydrogens (tertiary/aromatic N) is 3. The number of benzene rings is 6. The first-order valence-corrected chi connectivity index (χ1v) is 14.0. The summed E-state index contributed by atoms with van der Waals surface area (Å²) in [7, 11) is 0. The quantitative estimate of drug-likeness (QED) is 0.169. The van der Waals surface area contributed by atoms with Gasteiger partial charge in [-0.05, 0) is 40.5 Å². The Hall–Kier alpha value is -5.84. The van der Waals surface area contributed by atoms with E-state index in [1.165, 1.54) is 11.1 Å². The first-order chi connectivity index (χ1) is 20.8. The van der Waals surface area contributed by atoms with Crippen molar-refractivity contribution in [2.24, 2.45) is 0 Å². The second-order valence-electron chi connectivity index (χ2n) is 10.7. The van der Waals surface area contributed by atoms with E-state index >= 15 is 0 Å². The zero-order chi connectivity index (χ0) is 28.2. The highest BCUT2D eigenvalue weighted by molar-refractivity contribution is 6.98. The number of aromatic nitrogens is 1. The molecule has 0 N–H and O–H groups in total. The van der Waals surface area contributed by atoms with Gasteiger partial charge in [-0.3, -0.25) is 0 Å². The van der Waals surface area contributed by atoms with Crippen LogP contribution in [0.15, 0.2) is 133 Å². The SMILES string of the molecule is [C-]#[N+]c1cc(C#N)c(-n2c3ccccc3c3ccccc32)cc1B1c2ccccc2-c2ccccc2-c2ccccc21. The van der Waals surface area contributed by atoms with Crippen molar-refractivity contribution < 1.29 is 0 Å². The predicted octanol–water partition coefficient (Wildman–Crippen LogP) is 7.37. The number of para-hydroxylation sites is 2. The maximum atomic E-state index is 10.4. The first kappa shape index (κ1) is 24.0. The van der Waals surface area contributed by atoms with E-state index < -0.39 is 0 Å². The molecule has 42 heavy (non-hydrogen) atoms. The molecule has 0 radical (unpaired) electrons. The van der Waals surface area contributed by atoms with Crippen LogP contribution in [0.4, 0.5) is 5.69 Å². The summed E-state index contributed by atoms with van der Waals surface area (Å²) in [6, 6.07) is 48.5. The van der Waals surface area contributed by atoms with E-state index in [-0.39, 0.29) is 6.71 Å². The molecular formula is C38H22BN3. The molecule has 8 rings (SSSR count). The van der Waals surface area contributed by atoms with E-state index in [1.54, 1.807) is 6.07 Å². The molecule has 0 unspecified atom stereocenters. The summed E-state index contributed by atoms with van der Waals surface area (Å²) >= 11 is 0. The van der Waals surface area contributed by atoms with Gasteiger partial charge in [0, 0.05) is 10.8 Å². The van der Waals surface area contributed by atoms with E-state index in [1.807, 2.05) is 12.1 Å². The summed E-state index contributed by atoms with van der Waals surface area (Å²) in [6.07, 6.45) is 0. The molecule has 0 atom stereocenters. The van der Waals surface area contributed by atoms with Crippen molar-refractivity contribution in [3.05, 3.63) is 150 Å². The largest absolute Gasteiger partial charge is 0.308 e. The molecule has 0 fully saturated rings. The number of hydrogen-bond donors (Lipinski definition) is 0. The second kappa shape index (κ2) is 9.38. The van der Waals surface area contributed by atoms with Crippen molar-refractivity contribution in [3.8, 4) is 34.0 Å². The van der Waals surface area contributed by atoms with Crippen LogP contribution in [0.1, 0.15) is 5.56 Å². The third-order valence-corrected chi connectivity index (χ3v) is 8.57. The number of hydrogen-bond acceptors (Lipinski definition) is 1. The van der Waals surface area contributed by atoms with E-state index in [9.17, 15) is 5.26 Å². The number of fused-ring (bicyclic) bond motifs is 8. The average molecular weight is 531 g/mol. The summed E-state index contributed by atoms with van der Waals surface area (Å²) in [5.41, 5.74) is 11.7. The molecule has 0 bridgehead atoms. The molecule has 0 aliphatic carbocycles. The molecule has 192 valence electrons. The maximum absolute atomic E-state index is 10.4. The van der Waals surface area contributed by atoms with Crippen LogP contribution in [0, 0.1) is 17.9 Å². The molecule has 6 aromatic carbocycles. The lowest BCUT2D eigenvalue weighted by molar-refractivity contribution is 1.17. The zero-order valence-electron chi connectivity index (χ0n) is 22.6. The minimum atomic E-state index is -0.200. The van der Waals surface area contributed by atoms with Crippen molar-refractivity contribution >= 4 is 50.6 Å². The van der Waals surface area contributed by atoms with Gasteiger partial charge < -0.3 is 4.57 Å². The van der Waals surface area contributed by atoms with E-state index in [0.717, 1.165) is 55.0 Å². The molecule has 0 saturated carbocycles. The van der Waals surface area contributed by atoms with Gasteiger partial charge in [-0.2, -0.15) is 5.26 Å².